The highest BCUT2D eigenvalue weighted by atomic mass is 127. The summed E-state index contributed by atoms with van der Waals surface area (Å²) in [6.45, 7) is 0.612. The van der Waals surface area contributed by atoms with Crippen molar-refractivity contribution < 1.29 is 14.0 Å². The number of nitrogens with zero attached hydrogens (tertiary/aromatic N) is 1. The van der Waals surface area contributed by atoms with E-state index in [1.54, 1.807) is 29.2 Å². The maximum absolute atomic E-state index is 13.1. The van der Waals surface area contributed by atoms with Crippen molar-refractivity contribution in [1.29, 1.82) is 0 Å². The first kappa shape index (κ1) is 17.8. The molecule has 130 valence electrons. The lowest BCUT2D eigenvalue weighted by molar-refractivity contribution is -0.131. The molecule has 6 heteroatoms. The van der Waals surface area contributed by atoms with Crippen LogP contribution in [0.5, 0.6) is 0 Å². The van der Waals surface area contributed by atoms with Gasteiger partial charge in [-0.2, -0.15) is 0 Å². The molecule has 1 unspecified atom stereocenters. The molecule has 1 aliphatic heterocycles. The van der Waals surface area contributed by atoms with Gasteiger partial charge in [0.2, 0.25) is 5.91 Å². The van der Waals surface area contributed by atoms with Crippen LogP contribution < -0.4 is 5.32 Å². The molecular formula is C19H18FIN2O2. The van der Waals surface area contributed by atoms with Crippen LogP contribution >= 0.6 is 22.6 Å². The summed E-state index contributed by atoms with van der Waals surface area (Å²) in [5.74, 6) is -0.661. The highest BCUT2D eigenvalue weighted by molar-refractivity contribution is 14.1. The number of halogens is 2. The van der Waals surface area contributed by atoms with Crippen LogP contribution in [0, 0.1) is 9.39 Å². The van der Waals surface area contributed by atoms with E-state index in [4.69, 9.17) is 0 Å². The van der Waals surface area contributed by atoms with Crippen LogP contribution in [-0.2, 0) is 4.79 Å². The quantitative estimate of drug-likeness (QED) is 0.722. The Kier molecular flexibility index (Phi) is 5.67. The molecule has 0 aromatic heterocycles. The van der Waals surface area contributed by atoms with Crippen molar-refractivity contribution in [2.24, 2.45) is 0 Å². The molecule has 0 bridgehead atoms. The lowest BCUT2D eigenvalue weighted by Crippen LogP contribution is -2.40. The van der Waals surface area contributed by atoms with E-state index in [9.17, 15) is 14.0 Å². The smallest absolute Gasteiger partial charge is 0.252 e. The van der Waals surface area contributed by atoms with E-state index in [1.165, 1.54) is 12.1 Å². The molecule has 4 nitrogen and oxygen atoms in total. The van der Waals surface area contributed by atoms with E-state index in [1.807, 2.05) is 12.1 Å². The van der Waals surface area contributed by atoms with Gasteiger partial charge in [-0.3, -0.25) is 9.59 Å². The Morgan fingerprint density at radius 2 is 1.88 bits per heavy atom. The van der Waals surface area contributed by atoms with Gasteiger partial charge in [0.05, 0.1) is 18.2 Å². The third-order valence-corrected chi connectivity index (χ3v) is 5.29. The van der Waals surface area contributed by atoms with E-state index in [2.05, 4.69) is 27.9 Å². The van der Waals surface area contributed by atoms with Gasteiger partial charge in [-0.1, -0.05) is 24.3 Å². The number of nitrogens with one attached hydrogen (secondary N) is 1. The van der Waals surface area contributed by atoms with Gasteiger partial charge >= 0.3 is 0 Å². The van der Waals surface area contributed by atoms with Gasteiger partial charge in [-0.25, -0.2) is 4.39 Å². The molecular weight excluding hydrogens is 434 g/mol. The molecule has 1 saturated heterocycles. The largest absolute Gasteiger partial charge is 0.343 e. The average molecular weight is 452 g/mol. The zero-order chi connectivity index (χ0) is 17.8. The van der Waals surface area contributed by atoms with Gasteiger partial charge in [0.25, 0.3) is 5.91 Å². The Morgan fingerprint density at radius 1 is 1.16 bits per heavy atom. The molecule has 0 radical (unpaired) electrons. The SMILES string of the molecule is O=C(NCC(=O)N1CCCC1c1ccc(F)cc1)c1ccccc1I. The van der Waals surface area contributed by atoms with E-state index in [0.29, 0.717) is 12.1 Å². The molecule has 25 heavy (non-hydrogen) atoms. The molecule has 3 rings (SSSR count). The number of hydrogen-bond donors (Lipinski definition) is 1. The number of rotatable bonds is 4. The molecule has 0 spiro atoms. The van der Waals surface area contributed by atoms with Crippen molar-refractivity contribution >= 4 is 34.4 Å². The predicted molar refractivity (Wildman–Crippen MR) is 102 cm³/mol. The second kappa shape index (κ2) is 7.95. The minimum atomic E-state index is -0.288. The summed E-state index contributed by atoms with van der Waals surface area (Å²) in [5.41, 5.74) is 1.49. The highest BCUT2D eigenvalue weighted by Gasteiger charge is 2.30. The van der Waals surface area contributed by atoms with Gasteiger partial charge < -0.3 is 10.2 Å². The van der Waals surface area contributed by atoms with Crippen LogP contribution in [0.15, 0.2) is 48.5 Å². The van der Waals surface area contributed by atoms with E-state index < -0.39 is 0 Å². The fourth-order valence-corrected chi connectivity index (χ4v) is 3.73. The van der Waals surface area contributed by atoms with E-state index >= 15 is 0 Å². The highest BCUT2D eigenvalue weighted by Crippen LogP contribution is 2.31. The zero-order valence-electron chi connectivity index (χ0n) is 13.5. The van der Waals surface area contributed by atoms with Crippen molar-refractivity contribution in [2.75, 3.05) is 13.1 Å². The van der Waals surface area contributed by atoms with Crippen molar-refractivity contribution in [3.8, 4) is 0 Å². The molecule has 1 fully saturated rings. The van der Waals surface area contributed by atoms with Gasteiger partial charge in [-0.15, -0.1) is 0 Å². The third kappa shape index (κ3) is 4.18. The number of benzene rings is 2. The molecule has 2 amide bonds. The number of likely N-dealkylation sites (tertiary alicyclic amines) is 1. The molecule has 2 aromatic rings. The topological polar surface area (TPSA) is 49.4 Å². The summed E-state index contributed by atoms with van der Waals surface area (Å²) < 4.78 is 13.9. The van der Waals surface area contributed by atoms with Gasteiger partial charge in [0.15, 0.2) is 0 Å². The molecule has 2 aromatic carbocycles. The summed E-state index contributed by atoms with van der Waals surface area (Å²) in [7, 11) is 0. The van der Waals surface area contributed by atoms with E-state index in [0.717, 1.165) is 22.0 Å². The third-order valence-electron chi connectivity index (χ3n) is 4.35. The van der Waals surface area contributed by atoms with Crippen LogP contribution in [0.4, 0.5) is 4.39 Å². The minimum Gasteiger partial charge on any atom is -0.343 e. The Balaban J connectivity index is 1.63. The van der Waals surface area contributed by atoms with E-state index in [-0.39, 0.29) is 30.2 Å². The first-order chi connectivity index (χ1) is 12.1. The van der Waals surface area contributed by atoms with Crippen LogP contribution in [0.3, 0.4) is 0 Å². The van der Waals surface area contributed by atoms with Crippen molar-refractivity contribution in [3.63, 3.8) is 0 Å². The van der Waals surface area contributed by atoms with Crippen LogP contribution in [0.25, 0.3) is 0 Å². The standard InChI is InChI=1S/C19H18FIN2O2/c20-14-9-7-13(8-10-14)17-6-3-11-23(17)18(24)12-22-19(25)15-4-1-2-5-16(15)21/h1-2,4-5,7-10,17H,3,6,11-12H2,(H,22,25). The Morgan fingerprint density at radius 3 is 2.60 bits per heavy atom. The lowest BCUT2D eigenvalue weighted by atomic mass is 10.0. The van der Waals surface area contributed by atoms with Crippen LogP contribution in [-0.4, -0.2) is 29.8 Å². The molecule has 0 saturated carbocycles. The molecule has 1 atom stereocenters. The van der Waals surface area contributed by atoms with Crippen LogP contribution in [0.1, 0.15) is 34.8 Å². The summed E-state index contributed by atoms with van der Waals surface area (Å²) in [5, 5.41) is 2.70. The summed E-state index contributed by atoms with van der Waals surface area (Å²) in [6, 6.07) is 13.5. The second-order valence-electron chi connectivity index (χ2n) is 5.96. The molecule has 1 aliphatic rings. The summed E-state index contributed by atoms with van der Waals surface area (Å²) in [6.07, 6.45) is 1.75. The Hall–Kier alpha value is -1.96. The van der Waals surface area contributed by atoms with Gasteiger partial charge in [0.1, 0.15) is 5.82 Å². The number of carbonyl (C=O) groups is 2. The normalized spacial score (nSPS) is 16.7. The van der Waals surface area contributed by atoms with Crippen molar-refractivity contribution in [3.05, 3.63) is 69.0 Å². The molecule has 1 N–H and O–H groups in total. The first-order valence-corrected chi connectivity index (χ1v) is 9.22. The van der Waals surface area contributed by atoms with Gasteiger partial charge in [0, 0.05) is 10.1 Å². The number of hydrogen-bond acceptors (Lipinski definition) is 2. The number of carbonyl (C=O) groups excluding carboxylic acids is 2. The fourth-order valence-electron chi connectivity index (χ4n) is 3.09. The average Bonchev–Trinajstić information content (AvgIpc) is 3.10. The molecule has 0 aliphatic carbocycles. The zero-order valence-corrected chi connectivity index (χ0v) is 15.7. The van der Waals surface area contributed by atoms with Crippen molar-refractivity contribution in [1.82, 2.24) is 10.2 Å². The second-order valence-corrected chi connectivity index (χ2v) is 7.12. The minimum absolute atomic E-state index is 0.0402. The van der Waals surface area contributed by atoms with Crippen LogP contribution in [0.2, 0.25) is 0 Å². The van der Waals surface area contributed by atoms with Crippen molar-refractivity contribution in [2.45, 2.75) is 18.9 Å². The predicted octanol–water partition coefficient (Wildman–Crippen LogP) is 3.52. The summed E-state index contributed by atoms with van der Waals surface area (Å²) in [4.78, 5) is 26.6. The molecule has 1 heterocycles. The first-order valence-electron chi connectivity index (χ1n) is 8.14. The fraction of sp³-hybridized carbons (Fsp3) is 0.263. The monoisotopic (exact) mass is 452 g/mol. The Labute approximate surface area is 159 Å². The maximum atomic E-state index is 13.1. The summed E-state index contributed by atoms with van der Waals surface area (Å²) >= 11 is 2.10. The lowest BCUT2D eigenvalue weighted by Gasteiger charge is -2.25. The number of amides is 2. The Bertz CT molecular complexity index is 779. The van der Waals surface area contributed by atoms with Gasteiger partial charge in [-0.05, 0) is 65.3 Å². The maximum Gasteiger partial charge on any atom is 0.252 e.